The van der Waals surface area contributed by atoms with Gasteiger partial charge in [0.2, 0.25) is 0 Å². The van der Waals surface area contributed by atoms with E-state index in [9.17, 15) is 22.8 Å². The number of pyridine rings is 1. The molecule has 0 spiro atoms. The summed E-state index contributed by atoms with van der Waals surface area (Å²) in [7, 11) is 0. The highest BCUT2D eigenvalue weighted by molar-refractivity contribution is 7.21. The molecule has 0 saturated heterocycles. The van der Waals surface area contributed by atoms with Gasteiger partial charge in [-0.3, -0.25) is 9.59 Å². The van der Waals surface area contributed by atoms with Crippen LogP contribution in [0.2, 0.25) is 0 Å². The number of nitrogens with zero attached hydrogens (tertiary/aromatic N) is 1. The van der Waals surface area contributed by atoms with Crippen LogP contribution in [0.15, 0.2) is 53.9 Å². The summed E-state index contributed by atoms with van der Waals surface area (Å²) in [6.07, 6.45) is -1.40. The predicted octanol–water partition coefficient (Wildman–Crippen LogP) is 6.42. The van der Waals surface area contributed by atoms with E-state index < -0.39 is 17.8 Å². The van der Waals surface area contributed by atoms with E-state index >= 15 is 0 Å². The molecular weight excluding hydrogens is 471 g/mol. The number of rotatable bonds is 5. The number of aromatic nitrogens is 1. The molecule has 0 aliphatic rings. The van der Waals surface area contributed by atoms with Crippen molar-refractivity contribution in [1.82, 2.24) is 4.98 Å². The fourth-order valence-electron chi connectivity index (χ4n) is 3.17. The van der Waals surface area contributed by atoms with Crippen LogP contribution in [0.3, 0.4) is 0 Å². The third-order valence-electron chi connectivity index (χ3n) is 4.76. The first-order valence-electron chi connectivity index (χ1n) is 9.57. The first-order chi connectivity index (χ1) is 15.6. The lowest BCUT2D eigenvalue weighted by atomic mass is 10.1. The van der Waals surface area contributed by atoms with E-state index in [1.807, 2.05) is 17.5 Å². The van der Waals surface area contributed by atoms with Crippen LogP contribution < -0.4 is 11.1 Å². The van der Waals surface area contributed by atoms with Crippen LogP contribution in [0.1, 0.15) is 36.2 Å². The van der Waals surface area contributed by atoms with E-state index in [0.29, 0.717) is 22.2 Å². The lowest BCUT2D eigenvalue weighted by Crippen LogP contribution is -2.12. The Hall–Kier alpha value is -3.50. The number of fused-ring (bicyclic) bond motifs is 1. The molecule has 33 heavy (non-hydrogen) atoms. The first kappa shape index (κ1) is 22.7. The van der Waals surface area contributed by atoms with Gasteiger partial charge in [0.05, 0.1) is 5.69 Å². The van der Waals surface area contributed by atoms with Gasteiger partial charge in [-0.25, -0.2) is 4.98 Å². The summed E-state index contributed by atoms with van der Waals surface area (Å²) >= 11 is 2.32. The summed E-state index contributed by atoms with van der Waals surface area (Å²) < 4.78 is 39.2. The van der Waals surface area contributed by atoms with Gasteiger partial charge in [0, 0.05) is 21.5 Å². The van der Waals surface area contributed by atoms with Crippen LogP contribution in [-0.4, -0.2) is 16.7 Å². The van der Waals surface area contributed by atoms with E-state index in [1.54, 1.807) is 30.3 Å². The minimum Gasteiger partial charge on any atom is -0.397 e. The van der Waals surface area contributed by atoms with Crippen LogP contribution in [0, 0.1) is 6.92 Å². The molecule has 1 amide bonds. The standard InChI is InChI=1S/C23H16F3N3O2S2/c1-12-11-17(23(24,25)26)29-22-18(12)19(27)20(33-22)21(31)28-14-6-4-13(5-7-14)16(30)9-8-15-3-2-10-32-15/h2-11H,27H2,1H3,(H,28,31)/b9-8+. The lowest BCUT2D eigenvalue weighted by Gasteiger charge is -2.07. The molecule has 4 aromatic rings. The molecule has 3 heterocycles. The van der Waals surface area contributed by atoms with E-state index in [4.69, 9.17) is 5.73 Å². The number of anilines is 2. The molecule has 3 N–H and O–H groups in total. The summed E-state index contributed by atoms with van der Waals surface area (Å²) in [5.74, 6) is -0.753. The van der Waals surface area contributed by atoms with Crippen molar-refractivity contribution in [3.8, 4) is 0 Å². The van der Waals surface area contributed by atoms with Crippen molar-refractivity contribution < 1.29 is 22.8 Å². The average molecular weight is 488 g/mol. The number of nitrogens with two attached hydrogens (primary N) is 1. The number of allylic oxidation sites excluding steroid dienone is 1. The summed E-state index contributed by atoms with van der Waals surface area (Å²) in [4.78, 5) is 29.7. The molecule has 3 aromatic heterocycles. The van der Waals surface area contributed by atoms with E-state index in [-0.39, 0.29) is 21.2 Å². The maximum absolute atomic E-state index is 13.1. The molecule has 168 valence electrons. The monoisotopic (exact) mass is 487 g/mol. The maximum Gasteiger partial charge on any atom is 0.433 e. The van der Waals surface area contributed by atoms with Crippen molar-refractivity contribution in [2.45, 2.75) is 13.1 Å². The normalized spacial score (nSPS) is 11.9. The van der Waals surface area contributed by atoms with Gasteiger partial charge in [-0.15, -0.1) is 22.7 Å². The molecule has 0 radical (unpaired) electrons. The van der Waals surface area contributed by atoms with Crippen LogP contribution >= 0.6 is 22.7 Å². The Morgan fingerprint density at radius 3 is 2.52 bits per heavy atom. The third kappa shape index (κ3) is 4.81. The third-order valence-corrected chi connectivity index (χ3v) is 6.70. The summed E-state index contributed by atoms with van der Waals surface area (Å²) in [6, 6.07) is 11.0. The molecule has 5 nitrogen and oxygen atoms in total. The molecule has 1 aromatic carbocycles. The fourth-order valence-corrected chi connectivity index (χ4v) is 4.85. The van der Waals surface area contributed by atoms with Gasteiger partial charge >= 0.3 is 6.18 Å². The van der Waals surface area contributed by atoms with Crippen LogP contribution in [-0.2, 0) is 6.18 Å². The van der Waals surface area contributed by atoms with Gasteiger partial charge < -0.3 is 11.1 Å². The SMILES string of the molecule is Cc1cc(C(F)(F)F)nc2sc(C(=O)Nc3ccc(C(=O)/C=C/c4cccs4)cc3)c(N)c12. The van der Waals surface area contributed by atoms with Crippen LogP contribution in [0.4, 0.5) is 24.5 Å². The molecule has 0 atom stereocenters. The number of benzene rings is 1. The molecule has 0 aliphatic heterocycles. The van der Waals surface area contributed by atoms with Gasteiger partial charge in [0.25, 0.3) is 5.91 Å². The van der Waals surface area contributed by atoms with Crippen molar-refractivity contribution in [1.29, 1.82) is 0 Å². The Balaban J connectivity index is 1.53. The molecule has 0 unspecified atom stereocenters. The van der Waals surface area contributed by atoms with Crippen molar-refractivity contribution in [2.24, 2.45) is 0 Å². The van der Waals surface area contributed by atoms with Gasteiger partial charge in [0.1, 0.15) is 15.4 Å². The number of amides is 1. The first-order valence-corrected chi connectivity index (χ1v) is 11.3. The Morgan fingerprint density at radius 1 is 1.15 bits per heavy atom. The zero-order valence-electron chi connectivity index (χ0n) is 17.1. The number of aryl methyl sites for hydroxylation is 1. The average Bonchev–Trinajstić information content (AvgIpc) is 3.40. The zero-order chi connectivity index (χ0) is 23.8. The summed E-state index contributed by atoms with van der Waals surface area (Å²) in [5.41, 5.74) is 6.26. The number of carbonyl (C=O) groups excluding carboxylic acids is 2. The smallest absolute Gasteiger partial charge is 0.397 e. The van der Waals surface area contributed by atoms with Gasteiger partial charge in [-0.2, -0.15) is 13.2 Å². The fraction of sp³-hybridized carbons (Fsp3) is 0.0870. The molecular formula is C23H16F3N3O2S2. The largest absolute Gasteiger partial charge is 0.433 e. The Bertz CT molecular complexity index is 1370. The number of ketones is 1. The molecule has 4 rings (SSSR count). The zero-order valence-corrected chi connectivity index (χ0v) is 18.7. The minimum atomic E-state index is -4.60. The van der Waals surface area contributed by atoms with Gasteiger partial charge in [-0.05, 0) is 66.4 Å². The molecule has 0 fully saturated rings. The minimum absolute atomic E-state index is 0.0449. The second-order valence-corrected chi connectivity index (χ2v) is 9.07. The second kappa shape index (κ2) is 8.80. The Kier molecular flexibility index (Phi) is 6.05. The van der Waals surface area contributed by atoms with Crippen LogP contribution in [0.5, 0.6) is 0 Å². The Morgan fingerprint density at radius 2 is 1.88 bits per heavy atom. The van der Waals surface area contributed by atoms with Gasteiger partial charge in [0.15, 0.2) is 5.78 Å². The number of hydrogen-bond donors (Lipinski definition) is 2. The highest BCUT2D eigenvalue weighted by Gasteiger charge is 2.34. The van der Waals surface area contributed by atoms with Crippen LogP contribution in [0.25, 0.3) is 16.3 Å². The molecule has 0 aliphatic carbocycles. The lowest BCUT2D eigenvalue weighted by molar-refractivity contribution is -0.141. The van der Waals surface area contributed by atoms with Crippen molar-refractivity contribution >= 4 is 62.0 Å². The molecule has 0 bridgehead atoms. The number of alkyl halides is 3. The van der Waals surface area contributed by atoms with Gasteiger partial charge in [-0.1, -0.05) is 6.07 Å². The number of thiophene rings is 2. The van der Waals surface area contributed by atoms with Crippen molar-refractivity contribution in [3.05, 3.63) is 80.5 Å². The number of halogens is 3. The number of hydrogen-bond acceptors (Lipinski definition) is 6. The molecule has 0 saturated carbocycles. The maximum atomic E-state index is 13.1. The quantitative estimate of drug-likeness (QED) is 0.251. The van der Waals surface area contributed by atoms with E-state index in [1.165, 1.54) is 24.3 Å². The number of nitrogen functional groups attached to an aromatic ring is 1. The topological polar surface area (TPSA) is 85.1 Å². The number of nitrogens with one attached hydrogen (secondary N) is 1. The second-order valence-electron chi connectivity index (χ2n) is 7.09. The van der Waals surface area contributed by atoms with Crippen molar-refractivity contribution in [3.63, 3.8) is 0 Å². The number of carbonyl (C=O) groups is 2. The Labute approximate surface area is 194 Å². The molecule has 10 heteroatoms. The van der Waals surface area contributed by atoms with Crippen molar-refractivity contribution in [2.75, 3.05) is 11.1 Å². The summed E-state index contributed by atoms with van der Waals surface area (Å²) in [5, 5.41) is 4.90. The van der Waals surface area contributed by atoms with E-state index in [0.717, 1.165) is 22.3 Å². The summed E-state index contributed by atoms with van der Waals surface area (Å²) in [6.45, 7) is 1.49. The van der Waals surface area contributed by atoms with E-state index in [2.05, 4.69) is 10.3 Å². The highest BCUT2D eigenvalue weighted by atomic mass is 32.1. The highest BCUT2D eigenvalue weighted by Crippen LogP contribution is 2.38. The predicted molar refractivity (Wildman–Crippen MR) is 126 cm³/mol.